The third-order valence-electron chi connectivity index (χ3n) is 6.87. The molecule has 1 aromatic rings. The number of likely N-dealkylation sites (tertiary alicyclic amines) is 1. The molecule has 1 aromatic carbocycles. The standard InChI is InChI=1S/C21H28ClN3O3/c1-24(20(27)28)21(13-23-12-18(21)14-2-4-16(22)5-3-14)19(26)15-8-10-25(11-9-15)17-6-7-17/h2-5,15,17-18,23H,6-13H2,1H3,(H,27,28)/t18-,21+/m0/s1. The monoisotopic (exact) mass is 405 g/mol. The van der Waals surface area contributed by atoms with Crippen LogP contribution in [0.15, 0.2) is 24.3 Å². The fourth-order valence-corrected chi connectivity index (χ4v) is 5.18. The van der Waals surface area contributed by atoms with E-state index >= 15 is 0 Å². The van der Waals surface area contributed by atoms with Crippen molar-refractivity contribution in [2.75, 3.05) is 33.2 Å². The number of benzene rings is 1. The number of Topliss-reactive ketones (excluding diaryl/α,β-unsaturated/α-hetero) is 1. The lowest BCUT2D eigenvalue weighted by Crippen LogP contribution is -2.61. The number of carbonyl (C=O) groups excluding carboxylic acids is 1. The first-order chi connectivity index (χ1) is 13.4. The van der Waals surface area contributed by atoms with Gasteiger partial charge in [0.1, 0.15) is 5.54 Å². The highest BCUT2D eigenvalue weighted by Gasteiger charge is 2.56. The number of piperidine rings is 1. The molecule has 7 heteroatoms. The highest BCUT2D eigenvalue weighted by molar-refractivity contribution is 6.30. The molecule has 2 N–H and O–H groups in total. The molecule has 6 nitrogen and oxygen atoms in total. The van der Waals surface area contributed by atoms with Crippen LogP contribution in [0.2, 0.25) is 5.02 Å². The Morgan fingerprint density at radius 2 is 1.82 bits per heavy atom. The van der Waals surface area contributed by atoms with E-state index in [2.05, 4.69) is 10.2 Å². The number of carbonyl (C=O) groups is 2. The van der Waals surface area contributed by atoms with Crippen molar-refractivity contribution in [2.45, 2.75) is 43.2 Å². The van der Waals surface area contributed by atoms with Crippen LogP contribution in [0, 0.1) is 5.92 Å². The van der Waals surface area contributed by atoms with E-state index < -0.39 is 11.6 Å². The molecular formula is C21H28ClN3O3. The lowest BCUT2D eigenvalue weighted by molar-refractivity contribution is -0.135. The summed E-state index contributed by atoms with van der Waals surface area (Å²) in [5, 5.41) is 13.7. The predicted octanol–water partition coefficient (Wildman–Crippen LogP) is 2.82. The molecule has 0 radical (unpaired) electrons. The number of amides is 1. The van der Waals surface area contributed by atoms with E-state index in [-0.39, 0.29) is 17.6 Å². The number of ketones is 1. The van der Waals surface area contributed by atoms with E-state index in [1.54, 1.807) is 12.1 Å². The van der Waals surface area contributed by atoms with Crippen LogP contribution in [-0.2, 0) is 4.79 Å². The average molecular weight is 406 g/mol. The van der Waals surface area contributed by atoms with Crippen LogP contribution < -0.4 is 5.32 Å². The van der Waals surface area contributed by atoms with E-state index in [1.807, 2.05) is 12.1 Å². The first-order valence-corrected chi connectivity index (χ1v) is 10.5. The highest BCUT2D eigenvalue weighted by atomic mass is 35.5. The number of nitrogens with zero attached hydrogens (tertiary/aromatic N) is 2. The summed E-state index contributed by atoms with van der Waals surface area (Å²) in [5.74, 6) is -0.246. The van der Waals surface area contributed by atoms with Crippen molar-refractivity contribution in [1.82, 2.24) is 15.1 Å². The highest BCUT2D eigenvalue weighted by Crippen LogP contribution is 2.41. The molecule has 4 rings (SSSR count). The van der Waals surface area contributed by atoms with Gasteiger partial charge in [0.05, 0.1) is 0 Å². The first kappa shape index (κ1) is 19.7. The van der Waals surface area contributed by atoms with Crippen molar-refractivity contribution in [3.05, 3.63) is 34.9 Å². The summed E-state index contributed by atoms with van der Waals surface area (Å²) in [6, 6.07) is 8.14. The fourth-order valence-electron chi connectivity index (χ4n) is 5.05. The van der Waals surface area contributed by atoms with Crippen molar-refractivity contribution in [2.24, 2.45) is 5.92 Å². The van der Waals surface area contributed by atoms with Gasteiger partial charge in [-0.15, -0.1) is 0 Å². The summed E-state index contributed by atoms with van der Waals surface area (Å²) in [6.07, 6.45) is 3.11. The van der Waals surface area contributed by atoms with Crippen LogP contribution in [0.25, 0.3) is 0 Å². The maximum Gasteiger partial charge on any atom is 0.407 e. The number of hydrogen-bond donors (Lipinski definition) is 2. The minimum atomic E-state index is -1.08. The van der Waals surface area contributed by atoms with Gasteiger partial charge < -0.3 is 15.3 Å². The molecule has 152 valence electrons. The number of hydrogen-bond acceptors (Lipinski definition) is 4. The SMILES string of the molecule is CN(C(=O)O)[C@]1(C(=O)C2CCN(C3CC3)CC2)CNC[C@H]1c1ccc(Cl)cc1. The molecule has 0 spiro atoms. The lowest BCUT2D eigenvalue weighted by Gasteiger charge is -2.43. The van der Waals surface area contributed by atoms with Gasteiger partial charge in [-0.2, -0.15) is 0 Å². The summed E-state index contributed by atoms with van der Waals surface area (Å²) in [5.41, 5.74) is -0.127. The number of rotatable bonds is 5. The normalized spacial score (nSPS) is 29.0. The molecule has 2 aliphatic heterocycles. The van der Waals surface area contributed by atoms with Gasteiger partial charge in [-0.05, 0) is 56.5 Å². The maximum absolute atomic E-state index is 13.8. The van der Waals surface area contributed by atoms with Gasteiger partial charge in [0.2, 0.25) is 0 Å². The largest absolute Gasteiger partial charge is 0.465 e. The van der Waals surface area contributed by atoms with Crippen molar-refractivity contribution in [3.8, 4) is 0 Å². The molecule has 0 aromatic heterocycles. The lowest BCUT2D eigenvalue weighted by atomic mass is 9.72. The quantitative estimate of drug-likeness (QED) is 0.788. The molecule has 0 bridgehead atoms. The molecule has 2 saturated heterocycles. The minimum Gasteiger partial charge on any atom is -0.465 e. The van der Waals surface area contributed by atoms with Crippen molar-refractivity contribution < 1.29 is 14.7 Å². The Balaban J connectivity index is 1.63. The summed E-state index contributed by atoms with van der Waals surface area (Å²) in [7, 11) is 1.54. The zero-order valence-electron chi connectivity index (χ0n) is 16.2. The van der Waals surface area contributed by atoms with Crippen molar-refractivity contribution in [3.63, 3.8) is 0 Å². The molecule has 0 unspecified atom stereocenters. The molecule has 1 saturated carbocycles. The number of nitrogens with one attached hydrogen (secondary N) is 1. The topological polar surface area (TPSA) is 72.9 Å². The van der Waals surface area contributed by atoms with E-state index in [1.165, 1.54) is 24.8 Å². The van der Waals surface area contributed by atoms with Crippen molar-refractivity contribution >= 4 is 23.5 Å². The Kier molecular flexibility index (Phi) is 5.38. The average Bonchev–Trinajstić information content (AvgIpc) is 3.46. The Labute approximate surface area is 170 Å². The van der Waals surface area contributed by atoms with Gasteiger partial charge in [-0.25, -0.2) is 4.79 Å². The van der Waals surface area contributed by atoms with Crippen molar-refractivity contribution in [1.29, 1.82) is 0 Å². The Morgan fingerprint density at radius 1 is 1.18 bits per heavy atom. The van der Waals surface area contributed by atoms with Crippen LogP contribution in [0.1, 0.15) is 37.2 Å². The molecule has 2 atom stereocenters. The van der Waals surface area contributed by atoms with Crippen LogP contribution >= 0.6 is 11.6 Å². The summed E-state index contributed by atoms with van der Waals surface area (Å²) < 4.78 is 0. The molecule has 3 fully saturated rings. The number of likely N-dealkylation sites (N-methyl/N-ethyl adjacent to an activating group) is 1. The molecule has 28 heavy (non-hydrogen) atoms. The predicted molar refractivity (Wildman–Crippen MR) is 108 cm³/mol. The van der Waals surface area contributed by atoms with E-state index in [0.29, 0.717) is 24.2 Å². The van der Waals surface area contributed by atoms with Crippen LogP contribution in [-0.4, -0.2) is 71.6 Å². The summed E-state index contributed by atoms with van der Waals surface area (Å²) in [4.78, 5) is 29.5. The molecular weight excluding hydrogens is 378 g/mol. The van der Waals surface area contributed by atoms with Gasteiger partial charge in [-0.3, -0.25) is 9.69 Å². The maximum atomic E-state index is 13.8. The zero-order valence-corrected chi connectivity index (χ0v) is 17.0. The Hall–Kier alpha value is -1.63. The first-order valence-electron chi connectivity index (χ1n) is 10.1. The third-order valence-corrected chi connectivity index (χ3v) is 7.12. The molecule has 2 heterocycles. The number of halogens is 1. The zero-order chi connectivity index (χ0) is 19.9. The van der Waals surface area contributed by atoms with E-state index in [4.69, 9.17) is 11.6 Å². The smallest absolute Gasteiger partial charge is 0.407 e. The van der Waals surface area contributed by atoms with Gasteiger partial charge in [0.15, 0.2) is 5.78 Å². The van der Waals surface area contributed by atoms with E-state index in [0.717, 1.165) is 31.5 Å². The molecule has 1 aliphatic carbocycles. The minimum absolute atomic E-state index is 0.0674. The molecule has 1 amide bonds. The fraction of sp³-hybridized carbons (Fsp3) is 0.619. The third kappa shape index (κ3) is 3.42. The van der Waals surface area contributed by atoms with Crippen LogP contribution in [0.3, 0.4) is 0 Å². The second-order valence-electron chi connectivity index (χ2n) is 8.41. The Morgan fingerprint density at radius 3 is 2.39 bits per heavy atom. The van der Waals surface area contributed by atoms with Gasteiger partial charge in [-0.1, -0.05) is 23.7 Å². The molecule has 3 aliphatic rings. The van der Waals surface area contributed by atoms with Crippen LogP contribution in [0.5, 0.6) is 0 Å². The number of carboxylic acid groups (broad SMARTS) is 1. The summed E-state index contributed by atoms with van der Waals surface area (Å²) in [6.45, 7) is 2.80. The van der Waals surface area contributed by atoms with Crippen LogP contribution in [0.4, 0.5) is 4.79 Å². The van der Waals surface area contributed by atoms with Gasteiger partial charge in [0.25, 0.3) is 0 Å². The van der Waals surface area contributed by atoms with E-state index in [9.17, 15) is 14.7 Å². The Bertz CT molecular complexity index is 744. The summed E-state index contributed by atoms with van der Waals surface area (Å²) >= 11 is 6.04. The van der Waals surface area contributed by atoms with Gasteiger partial charge >= 0.3 is 6.09 Å². The second-order valence-corrected chi connectivity index (χ2v) is 8.84. The second kappa shape index (κ2) is 7.65. The van der Waals surface area contributed by atoms with Gasteiger partial charge in [0, 0.05) is 43.0 Å².